The van der Waals surface area contributed by atoms with E-state index in [2.05, 4.69) is 25.7 Å². The number of hydrogen-bond donors (Lipinski definition) is 1. The summed E-state index contributed by atoms with van der Waals surface area (Å²) in [6.07, 6.45) is 0. The molecule has 100 valence electrons. The van der Waals surface area contributed by atoms with Crippen molar-refractivity contribution < 1.29 is 9.53 Å². The number of nitrogens with zero attached hydrogens (tertiary/aromatic N) is 2. The third-order valence-corrected chi connectivity index (χ3v) is 3.36. The Morgan fingerprint density at radius 1 is 1.42 bits per heavy atom. The van der Waals surface area contributed by atoms with Crippen LogP contribution >= 0.6 is 15.9 Å². The van der Waals surface area contributed by atoms with E-state index in [9.17, 15) is 4.79 Å². The average molecular weight is 324 g/mol. The van der Waals surface area contributed by atoms with Crippen LogP contribution in [-0.4, -0.2) is 22.6 Å². The quantitative estimate of drug-likeness (QED) is 0.862. The van der Waals surface area contributed by atoms with E-state index in [1.807, 2.05) is 25.1 Å². The highest BCUT2D eigenvalue weighted by Crippen LogP contribution is 2.26. The first kappa shape index (κ1) is 13.6. The maximum atomic E-state index is 11.6. The summed E-state index contributed by atoms with van der Waals surface area (Å²) in [5.74, 6) is 0.386. The minimum atomic E-state index is -0.535. The van der Waals surface area contributed by atoms with Crippen molar-refractivity contribution in [2.75, 3.05) is 12.8 Å². The van der Waals surface area contributed by atoms with E-state index in [4.69, 9.17) is 5.73 Å². The summed E-state index contributed by atoms with van der Waals surface area (Å²) < 4.78 is 7.34. The number of aryl methyl sites for hydroxylation is 2. The predicted molar refractivity (Wildman–Crippen MR) is 76.5 cm³/mol. The number of aromatic nitrogens is 2. The lowest BCUT2D eigenvalue weighted by atomic mass is 10.2. The summed E-state index contributed by atoms with van der Waals surface area (Å²) in [5, 5.41) is 0. The maximum Gasteiger partial charge on any atom is 0.360 e. The maximum absolute atomic E-state index is 11.6. The fraction of sp³-hybridized carbons (Fsp3) is 0.231. The number of imidazole rings is 1. The van der Waals surface area contributed by atoms with E-state index in [1.54, 1.807) is 11.5 Å². The summed E-state index contributed by atoms with van der Waals surface area (Å²) in [6, 6.07) is 5.85. The number of anilines is 1. The Balaban J connectivity index is 2.66. The van der Waals surface area contributed by atoms with Gasteiger partial charge >= 0.3 is 5.97 Å². The van der Waals surface area contributed by atoms with Crippen molar-refractivity contribution in [3.63, 3.8) is 0 Å². The molecule has 0 radical (unpaired) electrons. The Bertz CT molecular complexity index is 650. The van der Waals surface area contributed by atoms with Crippen molar-refractivity contribution in [1.82, 2.24) is 9.55 Å². The van der Waals surface area contributed by atoms with Crippen LogP contribution in [0.15, 0.2) is 22.7 Å². The second kappa shape index (κ2) is 5.05. The van der Waals surface area contributed by atoms with Gasteiger partial charge in [0.1, 0.15) is 11.6 Å². The molecule has 0 saturated carbocycles. The molecule has 5 nitrogen and oxygen atoms in total. The molecular weight excluding hydrogens is 310 g/mol. The van der Waals surface area contributed by atoms with Gasteiger partial charge in [-0.1, -0.05) is 22.0 Å². The number of hydrogen-bond acceptors (Lipinski definition) is 4. The minimum Gasteiger partial charge on any atom is -0.464 e. The van der Waals surface area contributed by atoms with Crippen LogP contribution in [0.4, 0.5) is 5.82 Å². The number of nitrogen functional groups attached to an aromatic ring is 1. The SMILES string of the molecule is COC(=O)c1nc(C)n(-c2cc(Br)ccc2C)c1N. The Morgan fingerprint density at radius 2 is 2.11 bits per heavy atom. The van der Waals surface area contributed by atoms with Crippen LogP contribution < -0.4 is 5.73 Å². The highest BCUT2D eigenvalue weighted by molar-refractivity contribution is 9.10. The van der Waals surface area contributed by atoms with E-state index in [0.717, 1.165) is 15.7 Å². The molecule has 0 unspecified atom stereocenters. The lowest BCUT2D eigenvalue weighted by Crippen LogP contribution is -2.08. The van der Waals surface area contributed by atoms with Gasteiger partial charge in [-0.25, -0.2) is 9.78 Å². The third kappa shape index (κ3) is 2.35. The van der Waals surface area contributed by atoms with Gasteiger partial charge in [-0.2, -0.15) is 0 Å². The zero-order chi connectivity index (χ0) is 14.2. The smallest absolute Gasteiger partial charge is 0.360 e. The summed E-state index contributed by atoms with van der Waals surface area (Å²) in [6.45, 7) is 3.77. The van der Waals surface area contributed by atoms with Gasteiger partial charge in [0.25, 0.3) is 0 Å². The molecule has 6 heteroatoms. The summed E-state index contributed by atoms with van der Waals surface area (Å²) in [5.41, 5.74) is 8.07. The van der Waals surface area contributed by atoms with Crippen LogP contribution in [0.2, 0.25) is 0 Å². The number of esters is 1. The predicted octanol–water partition coefficient (Wildman–Crippen LogP) is 2.62. The van der Waals surface area contributed by atoms with Crippen LogP contribution in [0.1, 0.15) is 21.9 Å². The van der Waals surface area contributed by atoms with E-state index in [-0.39, 0.29) is 11.5 Å². The van der Waals surface area contributed by atoms with Gasteiger partial charge in [-0.05, 0) is 31.5 Å². The van der Waals surface area contributed by atoms with Crippen molar-refractivity contribution in [2.45, 2.75) is 13.8 Å². The molecule has 2 aromatic rings. The zero-order valence-corrected chi connectivity index (χ0v) is 12.5. The fourth-order valence-electron chi connectivity index (χ4n) is 1.92. The van der Waals surface area contributed by atoms with Crippen molar-refractivity contribution in [2.24, 2.45) is 0 Å². The molecule has 0 spiro atoms. The van der Waals surface area contributed by atoms with Crippen LogP contribution in [0, 0.1) is 13.8 Å². The number of methoxy groups -OCH3 is 1. The van der Waals surface area contributed by atoms with Gasteiger partial charge in [0.05, 0.1) is 12.8 Å². The van der Waals surface area contributed by atoms with Crippen molar-refractivity contribution in [3.8, 4) is 5.69 Å². The molecule has 2 rings (SSSR count). The molecule has 19 heavy (non-hydrogen) atoms. The molecule has 0 aliphatic rings. The molecule has 2 N–H and O–H groups in total. The Kier molecular flexibility index (Phi) is 3.61. The van der Waals surface area contributed by atoms with Gasteiger partial charge < -0.3 is 10.5 Å². The van der Waals surface area contributed by atoms with E-state index in [0.29, 0.717) is 5.82 Å². The Labute approximate surface area is 119 Å². The standard InChI is InChI=1S/C13H14BrN3O2/c1-7-4-5-9(14)6-10(7)17-8(2)16-11(12(17)15)13(18)19-3/h4-6H,15H2,1-3H3. The van der Waals surface area contributed by atoms with Crippen LogP contribution in [-0.2, 0) is 4.74 Å². The van der Waals surface area contributed by atoms with Crippen LogP contribution in [0.3, 0.4) is 0 Å². The Hall–Kier alpha value is -1.82. The van der Waals surface area contributed by atoms with Crippen LogP contribution in [0.5, 0.6) is 0 Å². The van der Waals surface area contributed by atoms with Gasteiger partial charge in [0, 0.05) is 4.47 Å². The Morgan fingerprint density at radius 3 is 2.74 bits per heavy atom. The second-order valence-electron chi connectivity index (χ2n) is 4.15. The number of ether oxygens (including phenoxy) is 1. The monoisotopic (exact) mass is 323 g/mol. The van der Waals surface area contributed by atoms with E-state index < -0.39 is 5.97 Å². The molecule has 0 aliphatic carbocycles. The molecule has 0 bridgehead atoms. The third-order valence-electron chi connectivity index (χ3n) is 2.87. The number of benzene rings is 1. The van der Waals surface area contributed by atoms with E-state index >= 15 is 0 Å². The molecule has 1 heterocycles. The zero-order valence-electron chi connectivity index (χ0n) is 10.9. The number of rotatable bonds is 2. The topological polar surface area (TPSA) is 70.1 Å². The summed E-state index contributed by atoms with van der Waals surface area (Å²) in [7, 11) is 1.31. The van der Waals surface area contributed by atoms with Crippen LogP contribution in [0.25, 0.3) is 5.69 Å². The summed E-state index contributed by atoms with van der Waals surface area (Å²) >= 11 is 3.43. The number of halogens is 1. The first-order valence-corrected chi connectivity index (χ1v) is 6.44. The molecular formula is C13H14BrN3O2. The molecule has 0 saturated heterocycles. The molecule has 0 amide bonds. The number of carbonyl (C=O) groups excluding carboxylic acids is 1. The highest BCUT2D eigenvalue weighted by Gasteiger charge is 2.20. The first-order chi connectivity index (χ1) is 8.95. The lowest BCUT2D eigenvalue weighted by Gasteiger charge is -2.11. The van der Waals surface area contributed by atoms with E-state index in [1.165, 1.54) is 7.11 Å². The number of nitrogens with two attached hydrogens (primary N) is 1. The largest absolute Gasteiger partial charge is 0.464 e. The molecule has 0 atom stereocenters. The average Bonchev–Trinajstić information content (AvgIpc) is 2.67. The van der Waals surface area contributed by atoms with Gasteiger partial charge in [-0.15, -0.1) is 0 Å². The second-order valence-corrected chi connectivity index (χ2v) is 5.07. The minimum absolute atomic E-state index is 0.138. The van der Waals surface area contributed by atoms with Crippen molar-refractivity contribution >= 4 is 27.7 Å². The lowest BCUT2D eigenvalue weighted by molar-refractivity contribution is 0.0596. The highest BCUT2D eigenvalue weighted by atomic mass is 79.9. The normalized spacial score (nSPS) is 10.5. The van der Waals surface area contributed by atoms with Gasteiger partial charge in [-0.3, -0.25) is 4.57 Å². The molecule has 0 aliphatic heterocycles. The number of carbonyl (C=O) groups is 1. The molecule has 1 aromatic carbocycles. The van der Waals surface area contributed by atoms with Gasteiger partial charge in [0.15, 0.2) is 5.69 Å². The van der Waals surface area contributed by atoms with Crippen molar-refractivity contribution in [1.29, 1.82) is 0 Å². The fourth-order valence-corrected chi connectivity index (χ4v) is 2.27. The van der Waals surface area contributed by atoms with Gasteiger partial charge in [0.2, 0.25) is 0 Å². The first-order valence-electron chi connectivity index (χ1n) is 5.65. The molecule has 0 fully saturated rings. The summed E-state index contributed by atoms with van der Waals surface area (Å²) in [4.78, 5) is 15.8. The van der Waals surface area contributed by atoms with Crippen molar-refractivity contribution in [3.05, 3.63) is 39.8 Å². The molecule has 1 aromatic heterocycles.